The number of ether oxygens (including phenoxy) is 1. The van der Waals surface area contributed by atoms with E-state index in [0.717, 1.165) is 5.56 Å². The Balaban J connectivity index is 1.99. The molecule has 0 spiro atoms. The Kier molecular flexibility index (Phi) is 4.42. The molecular weight excluding hydrogens is 238 g/mol. The molecule has 1 atom stereocenters. The maximum absolute atomic E-state index is 9.89. The van der Waals surface area contributed by atoms with E-state index in [1.54, 1.807) is 13.2 Å². The fourth-order valence-corrected chi connectivity index (χ4v) is 1.94. The van der Waals surface area contributed by atoms with Crippen molar-refractivity contribution >= 4 is 0 Å². The van der Waals surface area contributed by atoms with Crippen LogP contribution in [0.4, 0.5) is 0 Å². The van der Waals surface area contributed by atoms with Crippen molar-refractivity contribution in [3.63, 3.8) is 0 Å². The average Bonchev–Trinajstić information content (AvgIpc) is 2.46. The van der Waals surface area contributed by atoms with Gasteiger partial charge < -0.3 is 15.2 Å². The van der Waals surface area contributed by atoms with Crippen LogP contribution in [-0.2, 0) is 6.54 Å². The molecule has 2 aromatic rings. The largest absolute Gasteiger partial charge is 0.507 e. The third-order valence-corrected chi connectivity index (χ3v) is 3.19. The molecule has 0 unspecified atom stereocenters. The predicted molar refractivity (Wildman–Crippen MR) is 76.4 cm³/mol. The monoisotopic (exact) mass is 257 g/mol. The normalized spacial score (nSPS) is 12.1. The van der Waals surface area contributed by atoms with Crippen molar-refractivity contribution in [2.24, 2.45) is 0 Å². The number of aromatic hydroxyl groups is 1. The van der Waals surface area contributed by atoms with Crippen LogP contribution in [0.5, 0.6) is 11.5 Å². The number of hydrogen-bond donors (Lipinski definition) is 2. The SMILES string of the molecule is COc1ccc(CN[C@H](C)c2ccccc2)c(O)c1. The second-order valence-electron chi connectivity index (χ2n) is 4.51. The van der Waals surface area contributed by atoms with Crippen LogP contribution >= 0.6 is 0 Å². The first-order valence-corrected chi connectivity index (χ1v) is 6.35. The summed E-state index contributed by atoms with van der Waals surface area (Å²) in [5.74, 6) is 0.921. The lowest BCUT2D eigenvalue weighted by Gasteiger charge is -2.15. The van der Waals surface area contributed by atoms with Crippen LogP contribution in [0, 0.1) is 0 Å². The summed E-state index contributed by atoms with van der Waals surface area (Å²) in [5.41, 5.74) is 2.10. The summed E-state index contributed by atoms with van der Waals surface area (Å²) in [6.45, 7) is 2.72. The Morgan fingerprint density at radius 1 is 1.16 bits per heavy atom. The summed E-state index contributed by atoms with van der Waals surface area (Å²) in [7, 11) is 1.59. The Morgan fingerprint density at radius 2 is 1.89 bits per heavy atom. The Bertz CT molecular complexity index is 526. The van der Waals surface area contributed by atoms with E-state index in [9.17, 15) is 5.11 Å². The van der Waals surface area contributed by atoms with Gasteiger partial charge in [0.15, 0.2) is 0 Å². The Labute approximate surface area is 113 Å². The second-order valence-corrected chi connectivity index (χ2v) is 4.51. The van der Waals surface area contributed by atoms with Crippen LogP contribution in [0.1, 0.15) is 24.1 Å². The van der Waals surface area contributed by atoms with E-state index in [-0.39, 0.29) is 11.8 Å². The summed E-state index contributed by atoms with van der Waals surface area (Å²) in [6.07, 6.45) is 0. The summed E-state index contributed by atoms with van der Waals surface area (Å²) in [6, 6.07) is 15.8. The number of hydrogen-bond acceptors (Lipinski definition) is 3. The molecule has 2 N–H and O–H groups in total. The van der Waals surface area contributed by atoms with Gasteiger partial charge in [0.1, 0.15) is 11.5 Å². The van der Waals surface area contributed by atoms with Crippen molar-refractivity contribution in [1.82, 2.24) is 5.32 Å². The highest BCUT2D eigenvalue weighted by Gasteiger charge is 2.07. The molecule has 0 aromatic heterocycles. The number of methoxy groups -OCH3 is 1. The van der Waals surface area contributed by atoms with Crippen molar-refractivity contribution in [1.29, 1.82) is 0 Å². The number of phenolic OH excluding ortho intramolecular Hbond substituents is 1. The molecular formula is C16H19NO2. The van der Waals surface area contributed by atoms with Gasteiger partial charge >= 0.3 is 0 Å². The highest BCUT2D eigenvalue weighted by Crippen LogP contribution is 2.24. The van der Waals surface area contributed by atoms with E-state index in [1.165, 1.54) is 5.56 Å². The standard InChI is InChI=1S/C16H19NO2/c1-12(13-6-4-3-5-7-13)17-11-14-8-9-15(19-2)10-16(14)18/h3-10,12,17-18H,11H2,1-2H3/t12-/m1/s1. The molecule has 19 heavy (non-hydrogen) atoms. The van der Waals surface area contributed by atoms with Crippen LogP contribution in [0.25, 0.3) is 0 Å². The summed E-state index contributed by atoms with van der Waals surface area (Å²) in [4.78, 5) is 0. The molecule has 3 heteroatoms. The lowest BCUT2D eigenvalue weighted by Crippen LogP contribution is -2.18. The van der Waals surface area contributed by atoms with E-state index in [2.05, 4.69) is 24.4 Å². The van der Waals surface area contributed by atoms with Crippen LogP contribution in [0.15, 0.2) is 48.5 Å². The van der Waals surface area contributed by atoms with Crippen LogP contribution in [0.2, 0.25) is 0 Å². The van der Waals surface area contributed by atoms with Crippen molar-refractivity contribution in [3.05, 3.63) is 59.7 Å². The number of nitrogens with one attached hydrogen (secondary N) is 1. The van der Waals surface area contributed by atoms with Crippen LogP contribution < -0.4 is 10.1 Å². The zero-order valence-corrected chi connectivity index (χ0v) is 11.3. The number of phenols is 1. The fourth-order valence-electron chi connectivity index (χ4n) is 1.94. The first-order chi connectivity index (χ1) is 9.20. The zero-order valence-electron chi connectivity index (χ0n) is 11.3. The molecule has 0 aliphatic heterocycles. The third-order valence-electron chi connectivity index (χ3n) is 3.19. The first kappa shape index (κ1) is 13.4. The molecule has 0 heterocycles. The molecule has 0 radical (unpaired) electrons. The molecule has 0 aliphatic rings. The highest BCUT2D eigenvalue weighted by atomic mass is 16.5. The lowest BCUT2D eigenvalue weighted by molar-refractivity contribution is 0.405. The van der Waals surface area contributed by atoms with Gasteiger partial charge in [-0.2, -0.15) is 0 Å². The van der Waals surface area contributed by atoms with Gasteiger partial charge in [-0.25, -0.2) is 0 Å². The van der Waals surface area contributed by atoms with Gasteiger partial charge in [-0.1, -0.05) is 36.4 Å². The predicted octanol–water partition coefficient (Wildman–Crippen LogP) is 3.25. The van der Waals surface area contributed by atoms with Gasteiger partial charge in [0.25, 0.3) is 0 Å². The van der Waals surface area contributed by atoms with Gasteiger partial charge in [-0.15, -0.1) is 0 Å². The van der Waals surface area contributed by atoms with E-state index in [4.69, 9.17) is 4.74 Å². The topological polar surface area (TPSA) is 41.5 Å². The molecule has 0 aliphatic carbocycles. The van der Waals surface area contributed by atoms with E-state index in [1.807, 2.05) is 30.3 Å². The molecule has 0 amide bonds. The summed E-state index contributed by atoms with van der Waals surface area (Å²) >= 11 is 0. The average molecular weight is 257 g/mol. The minimum Gasteiger partial charge on any atom is -0.507 e. The zero-order chi connectivity index (χ0) is 13.7. The first-order valence-electron chi connectivity index (χ1n) is 6.35. The molecule has 100 valence electrons. The quantitative estimate of drug-likeness (QED) is 0.864. The molecule has 0 saturated heterocycles. The minimum atomic E-state index is 0.239. The van der Waals surface area contributed by atoms with E-state index in [0.29, 0.717) is 12.3 Å². The Morgan fingerprint density at radius 3 is 2.53 bits per heavy atom. The van der Waals surface area contributed by atoms with E-state index < -0.39 is 0 Å². The smallest absolute Gasteiger partial charge is 0.123 e. The molecule has 2 rings (SSSR count). The highest BCUT2D eigenvalue weighted by molar-refractivity contribution is 5.39. The van der Waals surface area contributed by atoms with E-state index >= 15 is 0 Å². The molecule has 2 aromatic carbocycles. The van der Waals surface area contributed by atoms with Gasteiger partial charge in [0.2, 0.25) is 0 Å². The number of rotatable bonds is 5. The summed E-state index contributed by atoms with van der Waals surface area (Å²) in [5, 5.41) is 13.3. The molecule has 0 saturated carbocycles. The molecule has 0 bridgehead atoms. The van der Waals surface area contributed by atoms with Gasteiger partial charge in [-0.05, 0) is 18.6 Å². The Hall–Kier alpha value is -2.00. The van der Waals surface area contributed by atoms with Crippen LogP contribution in [-0.4, -0.2) is 12.2 Å². The maximum atomic E-state index is 9.89. The fraction of sp³-hybridized carbons (Fsp3) is 0.250. The molecule has 3 nitrogen and oxygen atoms in total. The summed E-state index contributed by atoms with van der Waals surface area (Å²) < 4.78 is 5.06. The van der Waals surface area contributed by atoms with Crippen LogP contribution in [0.3, 0.4) is 0 Å². The lowest BCUT2D eigenvalue weighted by atomic mass is 10.1. The van der Waals surface area contributed by atoms with Crippen molar-refractivity contribution in [2.45, 2.75) is 19.5 Å². The molecule has 0 fully saturated rings. The third kappa shape index (κ3) is 3.48. The minimum absolute atomic E-state index is 0.239. The maximum Gasteiger partial charge on any atom is 0.123 e. The van der Waals surface area contributed by atoms with Gasteiger partial charge in [-0.3, -0.25) is 0 Å². The van der Waals surface area contributed by atoms with Gasteiger partial charge in [0, 0.05) is 24.2 Å². The van der Waals surface area contributed by atoms with Crippen molar-refractivity contribution in [3.8, 4) is 11.5 Å². The second kappa shape index (κ2) is 6.25. The van der Waals surface area contributed by atoms with Crippen molar-refractivity contribution in [2.75, 3.05) is 7.11 Å². The van der Waals surface area contributed by atoms with Gasteiger partial charge in [0.05, 0.1) is 7.11 Å². The number of benzene rings is 2. The van der Waals surface area contributed by atoms with Crippen molar-refractivity contribution < 1.29 is 9.84 Å².